The van der Waals surface area contributed by atoms with E-state index in [1.807, 2.05) is 24.3 Å². The van der Waals surface area contributed by atoms with Crippen molar-refractivity contribution >= 4 is 17.5 Å². The number of rotatable bonds is 5. The van der Waals surface area contributed by atoms with E-state index in [0.717, 1.165) is 22.8 Å². The van der Waals surface area contributed by atoms with Crippen molar-refractivity contribution in [2.75, 3.05) is 11.5 Å². The Hall–Kier alpha value is -3.81. The Bertz CT molecular complexity index is 1110. The van der Waals surface area contributed by atoms with Crippen molar-refractivity contribution in [3.8, 4) is 11.5 Å². The molecule has 31 heavy (non-hydrogen) atoms. The Morgan fingerprint density at radius 2 is 1.68 bits per heavy atom. The Labute approximate surface area is 177 Å². The Balaban J connectivity index is 1.48. The van der Waals surface area contributed by atoms with Gasteiger partial charge in [-0.2, -0.15) is 0 Å². The maximum Gasteiger partial charge on any atom is 0.407 e. The molecule has 0 aromatic heterocycles. The van der Waals surface area contributed by atoms with Crippen molar-refractivity contribution in [3.05, 3.63) is 82.9 Å². The number of anilines is 2. The van der Waals surface area contributed by atoms with E-state index >= 15 is 0 Å². The van der Waals surface area contributed by atoms with Gasteiger partial charge in [0.1, 0.15) is 5.75 Å². The molecule has 0 saturated carbocycles. The van der Waals surface area contributed by atoms with Crippen LogP contribution in [0.15, 0.2) is 54.6 Å². The van der Waals surface area contributed by atoms with Crippen LogP contribution in [0, 0.1) is 11.6 Å². The molecule has 3 aromatic rings. The van der Waals surface area contributed by atoms with E-state index in [1.54, 1.807) is 12.1 Å². The molecular weight excluding hydrogens is 404 g/mol. The summed E-state index contributed by atoms with van der Waals surface area (Å²) in [6, 6.07) is 15.0. The van der Waals surface area contributed by atoms with Gasteiger partial charge in [-0.3, -0.25) is 0 Å². The first-order valence-corrected chi connectivity index (χ1v) is 9.69. The lowest BCUT2D eigenvalue weighted by atomic mass is 10.1. The van der Waals surface area contributed by atoms with Crippen molar-refractivity contribution < 1.29 is 23.4 Å². The maximum absolute atomic E-state index is 14.2. The number of hydrogen-bond acceptors (Lipinski definition) is 4. The number of carboxylic acid groups (broad SMARTS) is 1. The van der Waals surface area contributed by atoms with Gasteiger partial charge in [0.15, 0.2) is 11.6 Å². The second-order valence-electron chi connectivity index (χ2n) is 7.49. The smallest absolute Gasteiger partial charge is 0.407 e. The molecule has 0 saturated heterocycles. The number of halogens is 2. The predicted octanol–water partition coefficient (Wildman–Crippen LogP) is 4.57. The Kier molecular flexibility index (Phi) is 5.37. The fourth-order valence-electron chi connectivity index (χ4n) is 3.81. The molecule has 160 valence electrons. The molecule has 0 spiro atoms. The molecule has 1 aliphatic carbocycles. The molecule has 1 amide bonds. The zero-order valence-electron chi connectivity index (χ0n) is 16.5. The lowest BCUT2D eigenvalue weighted by Gasteiger charge is -2.26. The normalized spacial score (nSPS) is 13.1. The lowest BCUT2D eigenvalue weighted by Crippen LogP contribution is -2.39. The van der Waals surface area contributed by atoms with Gasteiger partial charge in [0, 0.05) is 18.7 Å². The van der Waals surface area contributed by atoms with Gasteiger partial charge in [0.25, 0.3) is 0 Å². The van der Waals surface area contributed by atoms with Crippen molar-refractivity contribution in [1.82, 2.24) is 4.90 Å². The fourth-order valence-corrected chi connectivity index (χ4v) is 3.81. The highest BCUT2D eigenvalue weighted by Crippen LogP contribution is 2.34. The summed E-state index contributed by atoms with van der Waals surface area (Å²) in [5.74, 6) is -2.50. The molecule has 6 nitrogen and oxygen atoms in total. The monoisotopic (exact) mass is 425 g/mol. The third-order valence-electron chi connectivity index (χ3n) is 5.46. The van der Waals surface area contributed by atoms with Gasteiger partial charge >= 0.3 is 6.09 Å². The van der Waals surface area contributed by atoms with Crippen LogP contribution >= 0.6 is 0 Å². The summed E-state index contributed by atoms with van der Waals surface area (Å²) < 4.78 is 33.5. The number of carbonyl (C=O) groups is 1. The summed E-state index contributed by atoms with van der Waals surface area (Å²) in [6.45, 7) is 0.186. The Morgan fingerprint density at radius 3 is 2.26 bits per heavy atom. The number of nitrogen functional groups attached to an aromatic ring is 2. The average molecular weight is 425 g/mol. The summed E-state index contributed by atoms with van der Waals surface area (Å²) in [5, 5.41) is 9.73. The van der Waals surface area contributed by atoms with Crippen LogP contribution in [0.5, 0.6) is 11.5 Å². The highest BCUT2D eigenvalue weighted by molar-refractivity contribution is 5.67. The number of amides is 1. The first-order chi connectivity index (χ1) is 14.8. The van der Waals surface area contributed by atoms with Gasteiger partial charge in [-0.1, -0.05) is 36.4 Å². The van der Waals surface area contributed by atoms with Gasteiger partial charge in [-0.15, -0.1) is 0 Å². The summed E-state index contributed by atoms with van der Waals surface area (Å²) in [4.78, 5) is 13.3. The number of hydrogen-bond donors (Lipinski definition) is 3. The molecule has 4 rings (SSSR count). The molecule has 8 heteroatoms. The first kappa shape index (κ1) is 20.5. The molecule has 0 radical (unpaired) electrons. The third kappa shape index (κ3) is 4.09. The molecule has 0 unspecified atom stereocenters. The van der Waals surface area contributed by atoms with Gasteiger partial charge < -0.3 is 26.2 Å². The number of nitrogens with two attached hydrogens (primary N) is 2. The van der Waals surface area contributed by atoms with Gasteiger partial charge in [0.05, 0.1) is 11.4 Å². The molecule has 5 N–H and O–H groups in total. The zero-order valence-corrected chi connectivity index (χ0v) is 16.5. The highest BCUT2D eigenvalue weighted by atomic mass is 19.1. The van der Waals surface area contributed by atoms with Crippen LogP contribution < -0.4 is 16.2 Å². The number of benzene rings is 3. The van der Waals surface area contributed by atoms with Crippen molar-refractivity contribution in [2.24, 2.45) is 0 Å². The average Bonchev–Trinajstić information content (AvgIpc) is 3.18. The number of nitrogens with zero attached hydrogens (tertiary/aromatic N) is 1. The van der Waals surface area contributed by atoms with Gasteiger partial charge in [0.2, 0.25) is 5.75 Å². The Morgan fingerprint density at radius 1 is 1.06 bits per heavy atom. The van der Waals surface area contributed by atoms with Crippen molar-refractivity contribution in [2.45, 2.75) is 25.4 Å². The quantitative estimate of drug-likeness (QED) is 0.520. The SMILES string of the molecule is Nc1cc(F)c(Oc2ccc(CN(C(=O)O)C3Cc4ccccc4C3)cc2)c(F)c1N. The van der Waals surface area contributed by atoms with Crippen LogP contribution in [0.2, 0.25) is 0 Å². The van der Waals surface area contributed by atoms with Crippen LogP contribution in [-0.2, 0) is 19.4 Å². The van der Waals surface area contributed by atoms with Crippen LogP contribution in [0.4, 0.5) is 25.0 Å². The summed E-state index contributed by atoms with van der Waals surface area (Å²) in [7, 11) is 0. The molecule has 0 aliphatic heterocycles. The highest BCUT2D eigenvalue weighted by Gasteiger charge is 2.29. The van der Waals surface area contributed by atoms with Crippen LogP contribution in [0.25, 0.3) is 0 Å². The molecule has 0 fully saturated rings. The second kappa shape index (κ2) is 8.14. The largest absolute Gasteiger partial charge is 0.465 e. The molecule has 0 atom stereocenters. The lowest BCUT2D eigenvalue weighted by molar-refractivity contribution is 0.122. The maximum atomic E-state index is 14.2. The number of ether oxygens (including phenoxy) is 1. The molecule has 3 aromatic carbocycles. The van der Waals surface area contributed by atoms with Crippen LogP contribution in [-0.4, -0.2) is 22.1 Å². The van der Waals surface area contributed by atoms with Crippen LogP contribution in [0.3, 0.4) is 0 Å². The molecular formula is C23H21F2N3O3. The van der Waals surface area contributed by atoms with E-state index in [9.17, 15) is 18.7 Å². The minimum absolute atomic E-state index is 0.147. The van der Waals surface area contributed by atoms with E-state index in [2.05, 4.69) is 0 Å². The summed E-state index contributed by atoms with van der Waals surface area (Å²) in [6.07, 6.45) is 0.335. The summed E-state index contributed by atoms with van der Waals surface area (Å²) in [5.41, 5.74) is 13.4. The van der Waals surface area contributed by atoms with Crippen LogP contribution in [0.1, 0.15) is 16.7 Å². The number of fused-ring (bicyclic) bond motifs is 1. The van der Waals surface area contributed by atoms with Crippen molar-refractivity contribution in [1.29, 1.82) is 0 Å². The van der Waals surface area contributed by atoms with E-state index in [1.165, 1.54) is 17.0 Å². The van der Waals surface area contributed by atoms with Gasteiger partial charge in [-0.25, -0.2) is 13.6 Å². The van der Waals surface area contributed by atoms with E-state index < -0.39 is 23.5 Å². The zero-order chi connectivity index (χ0) is 22.1. The standard InChI is InChI=1S/C23H21F2N3O3/c24-18-11-19(26)21(27)20(25)22(18)31-17-7-5-13(6-8-17)12-28(23(29)30)16-9-14-3-1-2-4-15(14)10-16/h1-8,11,16H,9-10,12,26-27H2,(H,29,30). The minimum Gasteiger partial charge on any atom is -0.465 e. The topological polar surface area (TPSA) is 102 Å². The third-order valence-corrected chi connectivity index (χ3v) is 5.46. The first-order valence-electron chi connectivity index (χ1n) is 9.69. The van der Waals surface area contributed by atoms with Crippen molar-refractivity contribution in [3.63, 3.8) is 0 Å². The molecule has 0 bridgehead atoms. The van der Waals surface area contributed by atoms with Gasteiger partial charge in [-0.05, 0) is 41.7 Å². The summed E-state index contributed by atoms with van der Waals surface area (Å²) >= 11 is 0. The van der Waals surface area contributed by atoms with E-state index in [-0.39, 0.29) is 29.7 Å². The van der Waals surface area contributed by atoms with E-state index in [0.29, 0.717) is 12.8 Å². The molecule has 0 heterocycles. The predicted molar refractivity (Wildman–Crippen MR) is 113 cm³/mol. The second-order valence-corrected chi connectivity index (χ2v) is 7.49. The fraction of sp³-hybridized carbons (Fsp3) is 0.174. The minimum atomic E-state index is -1.07. The van der Waals surface area contributed by atoms with E-state index in [4.69, 9.17) is 16.2 Å². The molecule has 1 aliphatic rings.